The number of aromatic nitrogens is 1. The number of hydrogen-bond acceptors (Lipinski definition) is 4. The maximum atomic E-state index is 12.9. The number of esters is 1. The van der Waals surface area contributed by atoms with Crippen molar-refractivity contribution in [3.63, 3.8) is 0 Å². The van der Waals surface area contributed by atoms with Crippen LogP contribution in [0.2, 0.25) is 0 Å². The molecule has 0 aliphatic heterocycles. The first kappa shape index (κ1) is 30.0. The van der Waals surface area contributed by atoms with E-state index in [4.69, 9.17) is 4.74 Å². The van der Waals surface area contributed by atoms with Crippen molar-refractivity contribution in [1.29, 1.82) is 0 Å². The summed E-state index contributed by atoms with van der Waals surface area (Å²) in [4.78, 5) is 25.1. The molecule has 0 saturated heterocycles. The molecule has 0 aliphatic carbocycles. The minimum absolute atomic E-state index is 0. The molecule has 1 amide bonds. The Morgan fingerprint density at radius 1 is 1.15 bits per heavy atom. The van der Waals surface area contributed by atoms with Gasteiger partial charge in [0, 0.05) is 62.2 Å². The summed E-state index contributed by atoms with van der Waals surface area (Å²) in [6.45, 7) is 6.98. The quantitative estimate of drug-likeness (QED) is 0.279. The number of carbonyl (C=O) groups is 2. The van der Waals surface area contributed by atoms with E-state index in [-0.39, 0.29) is 80.7 Å². The molecule has 0 aliphatic rings. The average Bonchev–Trinajstić information content (AvgIpc) is 3.09. The van der Waals surface area contributed by atoms with E-state index >= 15 is 0 Å². The molecule has 33 heavy (non-hydrogen) atoms. The third-order valence-corrected chi connectivity index (χ3v) is 5.44. The van der Waals surface area contributed by atoms with Crippen LogP contribution < -0.4 is 5.32 Å². The van der Waals surface area contributed by atoms with E-state index in [1.807, 2.05) is 61.0 Å². The van der Waals surface area contributed by atoms with Crippen LogP contribution in [0.4, 0.5) is 0 Å². The zero-order chi connectivity index (χ0) is 22.7. The Bertz CT molecular complexity index is 1090. The summed E-state index contributed by atoms with van der Waals surface area (Å²) >= 11 is 0. The number of nitrogens with one attached hydrogen (secondary N) is 1. The Morgan fingerprint density at radius 3 is 2.30 bits per heavy atom. The molecule has 3 aromatic rings. The summed E-state index contributed by atoms with van der Waals surface area (Å²) in [5, 5.41) is 13.8. The standard InChI is InChI=1S/C25H28N2O4.2U/c1-15(2)31-25(30)17(4)18-9-11-19(12-10-18)21(14-28)26-24(29)23-13-20-16(3)7-6-8-22(20)27(23)5;;/h7-13,17,21,28H,14H2,1-5H3,(H,26,29);;/q-2;;. The van der Waals surface area contributed by atoms with E-state index in [0.29, 0.717) is 11.8 Å². The number of nitrogens with zero attached hydrogens (tertiary/aromatic N) is 1. The first-order valence-electron chi connectivity index (χ1n) is 10.2. The molecule has 0 spiro atoms. The second-order valence-corrected chi connectivity index (χ2v) is 7.95. The van der Waals surface area contributed by atoms with Crippen molar-refractivity contribution in [1.82, 2.24) is 9.88 Å². The van der Waals surface area contributed by atoms with Crippen molar-refractivity contribution < 1.29 is 81.7 Å². The number of rotatable bonds is 7. The molecular weight excluding hydrogens is 868 g/mol. The van der Waals surface area contributed by atoms with E-state index in [9.17, 15) is 14.7 Å². The number of aliphatic hydroxyl groups is 1. The van der Waals surface area contributed by atoms with E-state index in [0.717, 1.165) is 27.6 Å². The molecule has 2 aromatic carbocycles. The van der Waals surface area contributed by atoms with Gasteiger partial charge in [0.05, 0.1) is 24.3 Å². The van der Waals surface area contributed by atoms with Crippen LogP contribution in [0.1, 0.15) is 59.9 Å². The van der Waals surface area contributed by atoms with Gasteiger partial charge in [-0.25, -0.2) is 0 Å². The van der Waals surface area contributed by atoms with Gasteiger partial charge in [-0.3, -0.25) is 9.59 Å². The molecule has 1 aromatic heterocycles. The summed E-state index contributed by atoms with van der Waals surface area (Å²) in [6, 6.07) is 15.4. The Morgan fingerprint density at radius 2 is 1.76 bits per heavy atom. The van der Waals surface area contributed by atoms with Crippen LogP contribution in [0.5, 0.6) is 0 Å². The summed E-state index contributed by atoms with van der Waals surface area (Å²) in [6.07, 6.45) is 0.595. The van der Waals surface area contributed by atoms with Crippen LogP contribution in [0.25, 0.3) is 10.9 Å². The Labute approximate surface area is 242 Å². The van der Waals surface area contributed by atoms with Gasteiger partial charge in [-0.05, 0) is 31.2 Å². The van der Waals surface area contributed by atoms with Crippen LogP contribution >= 0.6 is 0 Å². The Balaban J connectivity index is 0.00000272. The number of aliphatic hydroxyl groups excluding tert-OH is 1. The SMILES string of the molecule is Cc1c[c-]cc2c1cc(C(=O)NC(CO)c1ccc(C(C)C(=O)O[C-](C)C)cc1)n2C.[U].[U]. The predicted molar refractivity (Wildman–Crippen MR) is 119 cm³/mol. The van der Waals surface area contributed by atoms with Crippen molar-refractivity contribution in [2.45, 2.75) is 39.7 Å². The number of ether oxygens (including phenoxy) is 1. The van der Waals surface area contributed by atoms with Gasteiger partial charge >= 0.3 is 0 Å². The summed E-state index contributed by atoms with van der Waals surface area (Å²) in [7, 11) is 1.84. The normalized spacial score (nSPS) is 12.5. The molecule has 2 unspecified atom stereocenters. The van der Waals surface area contributed by atoms with Gasteiger partial charge in [0.2, 0.25) is 0 Å². The minimum atomic E-state index is -0.569. The van der Waals surface area contributed by atoms with E-state index in [2.05, 4.69) is 11.4 Å². The molecule has 2 N–H and O–H groups in total. The first-order chi connectivity index (χ1) is 14.7. The summed E-state index contributed by atoms with van der Waals surface area (Å²) in [5.74, 6) is -1.00. The Hall–Kier alpha value is -1.02. The molecule has 0 fully saturated rings. The Kier molecular flexibility index (Phi) is 12.0. The topological polar surface area (TPSA) is 80.6 Å². The van der Waals surface area contributed by atoms with Crippen molar-refractivity contribution in [2.75, 3.05) is 6.61 Å². The fourth-order valence-electron chi connectivity index (χ4n) is 3.56. The summed E-state index contributed by atoms with van der Waals surface area (Å²) in [5.41, 5.74) is 4.04. The number of hydrogen-bond donors (Lipinski definition) is 2. The molecule has 1 heterocycles. The van der Waals surface area contributed by atoms with Crippen molar-refractivity contribution in [2.24, 2.45) is 7.05 Å². The number of aryl methyl sites for hydroxylation is 2. The van der Waals surface area contributed by atoms with Crippen molar-refractivity contribution in [3.8, 4) is 0 Å². The molecule has 8 heteroatoms. The fraction of sp³-hybridized carbons (Fsp3) is 0.320. The monoisotopic (exact) mass is 896 g/mol. The number of amides is 1. The van der Waals surface area contributed by atoms with Crippen LogP contribution in [-0.2, 0) is 16.6 Å². The fourth-order valence-corrected chi connectivity index (χ4v) is 3.56. The molecule has 6 nitrogen and oxygen atoms in total. The molecule has 0 saturated carbocycles. The van der Waals surface area contributed by atoms with Crippen LogP contribution in [-0.4, -0.2) is 28.2 Å². The summed E-state index contributed by atoms with van der Waals surface area (Å²) < 4.78 is 7.01. The van der Waals surface area contributed by atoms with Gasteiger partial charge in [-0.1, -0.05) is 36.7 Å². The molecule has 2 atom stereocenters. The van der Waals surface area contributed by atoms with Gasteiger partial charge < -0.3 is 19.7 Å². The minimum Gasteiger partial charge on any atom is -0.634 e. The van der Waals surface area contributed by atoms with E-state index in [1.54, 1.807) is 20.8 Å². The van der Waals surface area contributed by atoms with Crippen molar-refractivity contribution in [3.05, 3.63) is 77.0 Å². The van der Waals surface area contributed by atoms with Gasteiger partial charge in [0.15, 0.2) is 0 Å². The zero-order valence-electron chi connectivity index (χ0n) is 19.5. The van der Waals surface area contributed by atoms with Crippen LogP contribution in [0.3, 0.4) is 0 Å². The predicted octanol–water partition coefficient (Wildman–Crippen LogP) is 3.97. The maximum absolute atomic E-state index is 12.9. The van der Waals surface area contributed by atoms with Gasteiger partial charge in [-0.15, -0.1) is 17.1 Å². The van der Waals surface area contributed by atoms with Crippen molar-refractivity contribution >= 4 is 22.8 Å². The third-order valence-electron chi connectivity index (χ3n) is 5.44. The van der Waals surface area contributed by atoms with Crippen LogP contribution in [0, 0.1) is 81.3 Å². The smallest absolute Gasteiger partial charge is 0.281 e. The second kappa shape index (κ2) is 13.2. The molecular formula is C25H28N2O4U2-2. The molecule has 172 valence electrons. The maximum Gasteiger partial charge on any atom is 0.281 e. The van der Waals surface area contributed by atoms with E-state index in [1.165, 1.54) is 0 Å². The van der Waals surface area contributed by atoms with Gasteiger partial charge in [0.25, 0.3) is 11.9 Å². The zero-order valence-corrected chi connectivity index (χ0v) is 27.8. The number of benzene rings is 2. The average molecular weight is 897 g/mol. The largest absolute Gasteiger partial charge is 0.634 e. The molecule has 3 rings (SSSR count). The van der Waals surface area contributed by atoms with E-state index < -0.39 is 12.0 Å². The number of fused-ring (bicyclic) bond motifs is 1. The first-order valence-corrected chi connectivity index (χ1v) is 10.2. The van der Waals surface area contributed by atoms with Gasteiger partial charge in [-0.2, -0.15) is 32.0 Å². The third kappa shape index (κ3) is 7.00. The molecule has 0 bridgehead atoms. The second-order valence-electron chi connectivity index (χ2n) is 7.95. The van der Waals surface area contributed by atoms with Gasteiger partial charge in [0.1, 0.15) is 0 Å². The van der Waals surface area contributed by atoms with Crippen LogP contribution in [0.15, 0.2) is 42.5 Å². The molecule has 0 radical (unpaired) electrons. The number of carbonyl (C=O) groups excluding carboxylic acids is 2.